The lowest BCUT2D eigenvalue weighted by molar-refractivity contribution is 0.986. The quantitative estimate of drug-likeness (QED) is 0.653. The van der Waals surface area contributed by atoms with Gasteiger partial charge in [-0.25, -0.2) is 15.8 Å². The minimum atomic E-state index is 0.655. The van der Waals surface area contributed by atoms with Gasteiger partial charge in [-0.05, 0) is 38.5 Å². The van der Waals surface area contributed by atoms with Crippen molar-refractivity contribution in [3.8, 4) is 0 Å². The Bertz CT molecular complexity index is 594. The molecule has 5 nitrogen and oxygen atoms in total. The molecule has 1 heterocycles. The monoisotopic (exact) mass is 257 g/mol. The van der Waals surface area contributed by atoms with Crippen LogP contribution in [0, 0.1) is 20.8 Å². The molecule has 0 amide bonds. The minimum absolute atomic E-state index is 0.655. The number of hydrazine groups is 1. The number of nitrogens with two attached hydrogens (primary N) is 1. The Kier molecular flexibility index (Phi) is 3.66. The number of nitrogens with zero attached hydrogens (tertiary/aromatic N) is 3. The van der Waals surface area contributed by atoms with Crippen molar-refractivity contribution < 1.29 is 0 Å². The van der Waals surface area contributed by atoms with Crippen LogP contribution in [-0.2, 0) is 0 Å². The van der Waals surface area contributed by atoms with Crippen molar-refractivity contribution in [2.45, 2.75) is 20.8 Å². The summed E-state index contributed by atoms with van der Waals surface area (Å²) in [7, 11) is 1.99. The second-order valence-electron chi connectivity index (χ2n) is 4.61. The van der Waals surface area contributed by atoms with Crippen molar-refractivity contribution in [2.24, 2.45) is 5.84 Å². The van der Waals surface area contributed by atoms with Crippen LogP contribution in [0.2, 0.25) is 0 Å². The van der Waals surface area contributed by atoms with Gasteiger partial charge in [-0.15, -0.1) is 0 Å². The van der Waals surface area contributed by atoms with Crippen molar-refractivity contribution >= 4 is 17.3 Å². The fraction of sp³-hybridized carbons (Fsp3) is 0.286. The number of rotatable bonds is 3. The van der Waals surface area contributed by atoms with E-state index < -0.39 is 0 Å². The standard InChI is InChI=1S/C14H19N5/c1-9-6-5-7-12(8-9)19(4)14-10(2)13(18-15)16-11(3)17-14/h5-8H,15H2,1-4H3,(H,16,17,18). The lowest BCUT2D eigenvalue weighted by Crippen LogP contribution is -2.18. The van der Waals surface area contributed by atoms with Gasteiger partial charge < -0.3 is 10.3 Å². The van der Waals surface area contributed by atoms with Crippen LogP contribution in [0.15, 0.2) is 24.3 Å². The Labute approximate surface area is 113 Å². The molecule has 1 aromatic carbocycles. The second-order valence-corrected chi connectivity index (χ2v) is 4.61. The van der Waals surface area contributed by atoms with Crippen molar-refractivity contribution in [1.29, 1.82) is 0 Å². The highest BCUT2D eigenvalue weighted by atomic mass is 15.3. The zero-order valence-corrected chi connectivity index (χ0v) is 11.7. The van der Waals surface area contributed by atoms with Crippen molar-refractivity contribution in [3.05, 3.63) is 41.2 Å². The molecule has 2 aromatic rings. The lowest BCUT2D eigenvalue weighted by Gasteiger charge is -2.22. The Hall–Kier alpha value is -2.14. The van der Waals surface area contributed by atoms with E-state index in [0.717, 1.165) is 17.1 Å². The predicted molar refractivity (Wildman–Crippen MR) is 78.6 cm³/mol. The van der Waals surface area contributed by atoms with Gasteiger partial charge in [0.25, 0.3) is 0 Å². The molecule has 0 spiro atoms. The van der Waals surface area contributed by atoms with E-state index in [1.165, 1.54) is 5.56 Å². The molecule has 0 saturated carbocycles. The minimum Gasteiger partial charge on any atom is -0.329 e. The average molecular weight is 257 g/mol. The first kappa shape index (κ1) is 13.3. The van der Waals surface area contributed by atoms with Crippen LogP contribution in [0.5, 0.6) is 0 Å². The Morgan fingerprint density at radius 1 is 1.16 bits per heavy atom. The normalized spacial score (nSPS) is 10.4. The van der Waals surface area contributed by atoms with Crippen molar-refractivity contribution in [1.82, 2.24) is 9.97 Å². The maximum Gasteiger partial charge on any atom is 0.148 e. The Balaban J connectivity index is 2.49. The lowest BCUT2D eigenvalue weighted by atomic mass is 10.2. The van der Waals surface area contributed by atoms with Gasteiger partial charge in [-0.1, -0.05) is 12.1 Å². The molecule has 100 valence electrons. The summed E-state index contributed by atoms with van der Waals surface area (Å²) < 4.78 is 0. The van der Waals surface area contributed by atoms with E-state index in [1.54, 1.807) is 0 Å². The number of aromatic nitrogens is 2. The van der Waals surface area contributed by atoms with Crippen molar-refractivity contribution in [3.63, 3.8) is 0 Å². The molecule has 0 aliphatic rings. The van der Waals surface area contributed by atoms with E-state index in [9.17, 15) is 0 Å². The summed E-state index contributed by atoms with van der Waals surface area (Å²) in [5.74, 6) is 7.69. The predicted octanol–water partition coefficient (Wildman–Crippen LogP) is 2.46. The summed E-state index contributed by atoms with van der Waals surface area (Å²) in [5, 5.41) is 0. The first-order valence-electron chi connectivity index (χ1n) is 6.15. The molecule has 0 aliphatic carbocycles. The number of aryl methyl sites for hydroxylation is 2. The Morgan fingerprint density at radius 3 is 2.53 bits per heavy atom. The summed E-state index contributed by atoms with van der Waals surface area (Å²) in [5.41, 5.74) is 5.84. The zero-order chi connectivity index (χ0) is 14.0. The van der Waals surface area contributed by atoms with E-state index in [1.807, 2.05) is 31.9 Å². The molecule has 0 saturated heterocycles. The average Bonchev–Trinajstić information content (AvgIpc) is 2.40. The number of nitrogens with one attached hydrogen (secondary N) is 1. The molecular formula is C14H19N5. The molecule has 2 rings (SSSR count). The Morgan fingerprint density at radius 2 is 1.89 bits per heavy atom. The van der Waals surface area contributed by atoms with Gasteiger partial charge >= 0.3 is 0 Å². The van der Waals surface area contributed by atoms with Gasteiger partial charge in [0.1, 0.15) is 17.5 Å². The van der Waals surface area contributed by atoms with Gasteiger partial charge in [0, 0.05) is 18.3 Å². The van der Waals surface area contributed by atoms with Crippen LogP contribution >= 0.6 is 0 Å². The summed E-state index contributed by atoms with van der Waals surface area (Å²) in [6, 6.07) is 8.28. The fourth-order valence-electron chi connectivity index (χ4n) is 2.04. The van der Waals surface area contributed by atoms with Gasteiger partial charge in [-0.3, -0.25) is 0 Å². The van der Waals surface area contributed by atoms with E-state index in [0.29, 0.717) is 11.6 Å². The molecule has 19 heavy (non-hydrogen) atoms. The summed E-state index contributed by atoms with van der Waals surface area (Å²) in [6.07, 6.45) is 0. The van der Waals surface area contributed by atoms with Crippen LogP contribution in [0.3, 0.4) is 0 Å². The molecule has 3 N–H and O–H groups in total. The van der Waals surface area contributed by atoms with Crippen LogP contribution in [0.4, 0.5) is 17.3 Å². The van der Waals surface area contributed by atoms with Crippen molar-refractivity contribution in [2.75, 3.05) is 17.4 Å². The van der Waals surface area contributed by atoms with Gasteiger partial charge in [0.2, 0.25) is 0 Å². The molecule has 0 atom stereocenters. The number of hydrogen-bond acceptors (Lipinski definition) is 5. The number of benzene rings is 1. The molecule has 0 fully saturated rings. The largest absolute Gasteiger partial charge is 0.329 e. The third kappa shape index (κ3) is 2.66. The van der Waals surface area contributed by atoms with Crippen LogP contribution < -0.4 is 16.2 Å². The number of hydrogen-bond donors (Lipinski definition) is 2. The molecule has 0 radical (unpaired) electrons. The highest BCUT2D eigenvalue weighted by Crippen LogP contribution is 2.28. The maximum atomic E-state index is 5.49. The summed E-state index contributed by atoms with van der Waals surface area (Å²) in [6.45, 7) is 5.88. The third-order valence-corrected chi connectivity index (χ3v) is 3.08. The zero-order valence-electron chi connectivity index (χ0n) is 11.7. The SMILES string of the molecule is Cc1cccc(N(C)c2nc(C)nc(NN)c2C)c1. The van der Waals surface area contributed by atoms with Crippen LogP contribution in [0.25, 0.3) is 0 Å². The highest BCUT2D eigenvalue weighted by Gasteiger charge is 2.13. The van der Waals surface area contributed by atoms with E-state index in [4.69, 9.17) is 5.84 Å². The topological polar surface area (TPSA) is 67.1 Å². The smallest absolute Gasteiger partial charge is 0.148 e. The maximum absolute atomic E-state index is 5.49. The first-order chi connectivity index (χ1) is 9.02. The molecule has 0 unspecified atom stereocenters. The van der Waals surface area contributed by atoms with E-state index >= 15 is 0 Å². The summed E-state index contributed by atoms with van der Waals surface area (Å²) in [4.78, 5) is 10.8. The molecule has 5 heteroatoms. The highest BCUT2D eigenvalue weighted by molar-refractivity contribution is 5.66. The molecule has 0 aliphatic heterocycles. The number of nitrogen functional groups attached to an aromatic ring is 1. The second kappa shape index (κ2) is 5.24. The molecule has 0 bridgehead atoms. The first-order valence-corrected chi connectivity index (χ1v) is 6.15. The van der Waals surface area contributed by atoms with E-state index in [2.05, 4.69) is 40.5 Å². The van der Waals surface area contributed by atoms with Crippen LogP contribution in [-0.4, -0.2) is 17.0 Å². The fourth-order valence-corrected chi connectivity index (χ4v) is 2.04. The summed E-state index contributed by atoms with van der Waals surface area (Å²) >= 11 is 0. The molecular weight excluding hydrogens is 238 g/mol. The van der Waals surface area contributed by atoms with E-state index in [-0.39, 0.29) is 0 Å². The van der Waals surface area contributed by atoms with Gasteiger partial charge in [0.15, 0.2) is 0 Å². The van der Waals surface area contributed by atoms with Gasteiger partial charge in [-0.2, -0.15) is 0 Å². The van der Waals surface area contributed by atoms with Crippen LogP contribution in [0.1, 0.15) is 17.0 Å². The number of anilines is 3. The van der Waals surface area contributed by atoms with Gasteiger partial charge in [0.05, 0.1) is 0 Å². The third-order valence-electron chi connectivity index (χ3n) is 3.08. The molecule has 1 aromatic heterocycles.